The summed E-state index contributed by atoms with van der Waals surface area (Å²) in [6, 6.07) is 0. The number of halogens is 9. The average Bonchev–Trinajstić information content (AvgIpc) is 2.22. The summed E-state index contributed by atoms with van der Waals surface area (Å²) in [6.07, 6.45) is -16.8. The smallest absolute Gasteiger partial charge is 0.311 e. The molecule has 10 heteroatoms. The van der Waals surface area contributed by atoms with Gasteiger partial charge in [-0.3, -0.25) is 4.39 Å². The van der Waals surface area contributed by atoms with Crippen LogP contribution in [0.2, 0.25) is 0 Å². The van der Waals surface area contributed by atoms with E-state index in [9.17, 15) is 39.5 Å². The zero-order chi connectivity index (χ0) is 16.6. The molecule has 0 saturated carbocycles. The molecule has 0 aliphatic rings. The predicted molar refractivity (Wildman–Crippen MR) is 53.1 cm³/mol. The van der Waals surface area contributed by atoms with Crippen LogP contribution < -0.4 is 0 Å². The number of rotatable bonds is 5. The lowest BCUT2D eigenvalue weighted by Gasteiger charge is -2.24. The monoisotopic (exact) mass is 322 g/mol. The van der Waals surface area contributed by atoms with E-state index in [0.29, 0.717) is 0 Å². The van der Waals surface area contributed by atoms with Crippen molar-refractivity contribution in [1.82, 2.24) is 0 Å². The van der Waals surface area contributed by atoms with Crippen molar-refractivity contribution >= 4 is 0 Å². The minimum atomic E-state index is -5.01. The zero-order valence-corrected chi connectivity index (χ0v) is 10.7. The second-order valence-electron chi connectivity index (χ2n) is 3.66. The highest BCUT2D eigenvalue weighted by Crippen LogP contribution is 2.37. The Labute approximate surface area is 110 Å². The first-order valence-electron chi connectivity index (χ1n) is 5.50. The van der Waals surface area contributed by atoms with Crippen LogP contribution in [0.15, 0.2) is 0 Å². The maximum absolute atomic E-state index is 12.7. The van der Waals surface area contributed by atoms with Crippen molar-refractivity contribution in [1.29, 1.82) is 0 Å². The van der Waals surface area contributed by atoms with Crippen LogP contribution in [0, 0.1) is 5.92 Å². The summed E-state index contributed by atoms with van der Waals surface area (Å²) in [6.45, 7) is -0.0632. The number of ether oxygens (including phenoxy) is 1. The normalized spacial score (nSPS) is 14.6. The molecule has 20 heavy (non-hydrogen) atoms. The van der Waals surface area contributed by atoms with E-state index in [2.05, 4.69) is 4.74 Å². The molecule has 0 aliphatic heterocycles. The highest BCUT2D eigenvalue weighted by atomic mass is 19.4. The molecule has 0 spiro atoms. The second-order valence-corrected chi connectivity index (χ2v) is 3.66. The quantitative estimate of drug-likeness (QED) is 0.639. The van der Waals surface area contributed by atoms with Gasteiger partial charge in [-0.25, -0.2) is 0 Å². The van der Waals surface area contributed by atoms with E-state index in [1.54, 1.807) is 0 Å². The van der Waals surface area contributed by atoms with E-state index in [-0.39, 0.29) is 6.67 Å². The molecule has 0 bridgehead atoms. The lowest BCUT2D eigenvalue weighted by atomic mass is 10.0. The van der Waals surface area contributed by atoms with Gasteiger partial charge >= 0.3 is 18.5 Å². The Morgan fingerprint density at radius 2 is 1.30 bits per heavy atom. The van der Waals surface area contributed by atoms with E-state index >= 15 is 0 Å². The summed E-state index contributed by atoms with van der Waals surface area (Å²) in [5.74, 6) is -2.40. The molecule has 0 amide bonds. The third-order valence-electron chi connectivity index (χ3n) is 1.89. The maximum Gasteiger partial charge on any atom is 0.412 e. The Kier molecular flexibility index (Phi) is 9.28. The van der Waals surface area contributed by atoms with Crippen LogP contribution >= 0.6 is 0 Å². The van der Waals surface area contributed by atoms with Gasteiger partial charge in [0, 0.05) is 0 Å². The first-order chi connectivity index (χ1) is 8.79. The van der Waals surface area contributed by atoms with Gasteiger partial charge in [0.25, 0.3) is 0 Å². The van der Waals surface area contributed by atoms with Crippen LogP contribution in [0.25, 0.3) is 0 Å². The summed E-state index contributed by atoms with van der Waals surface area (Å²) in [7, 11) is 0. The lowest BCUT2D eigenvalue weighted by molar-refractivity contribution is -0.307. The van der Waals surface area contributed by atoms with Crippen molar-refractivity contribution in [2.75, 3.05) is 13.3 Å². The van der Waals surface area contributed by atoms with Gasteiger partial charge in [0.2, 0.25) is 0 Å². The summed E-state index contributed by atoms with van der Waals surface area (Å²) in [5.41, 5.74) is 0. The fraction of sp³-hybridized carbons (Fsp3) is 1.00. The molecule has 1 unspecified atom stereocenters. The molecule has 124 valence electrons. The van der Waals surface area contributed by atoms with Gasteiger partial charge in [0.1, 0.15) is 6.61 Å². The first kappa shape index (κ1) is 21.6. The van der Waals surface area contributed by atoms with Crippen molar-refractivity contribution in [2.45, 2.75) is 45.2 Å². The van der Waals surface area contributed by atoms with Gasteiger partial charge in [0.15, 0.2) is 0 Å². The molecule has 0 aromatic heterocycles. The second kappa shape index (κ2) is 8.58. The van der Waals surface area contributed by atoms with Crippen LogP contribution in [0.3, 0.4) is 0 Å². The Hall–Kier alpha value is -0.670. The Balaban J connectivity index is 0. The van der Waals surface area contributed by atoms with E-state index in [1.165, 1.54) is 6.92 Å². The third kappa shape index (κ3) is 12.4. The molecule has 0 aromatic carbocycles. The minimum Gasteiger partial charge on any atom is -0.311 e. The van der Waals surface area contributed by atoms with Gasteiger partial charge < -0.3 is 4.74 Å². The topological polar surface area (TPSA) is 9.23 Å². The molecule has 0 rings (SSSR count). The van der Waals surface area contributed by atoms with E-state index in [4.69, 9.17) is 0 Å². The molecule has 1 nitrogen and oxygen atoms in total. The molecule has 1 atom stereocenters. The SMILES string of the molecule is CCC(CC(F)(F)OCC(F)(F)F)C(F)(F)F.CCF. The van der Waals surface area contributed by atoms with Gasteiger partial charge in [-0.1, -0.05) is 6.92 Å². The summed E-state index contributed by atoms with van der Waals surface area (Å²) >= 11 is 0. The van der Waals surface area contributed by atoms with Gasteiger partial charge in [0.05, 0.1) is 19.0 Å². The maximum atomic E-state index is 12.7. The lowest BCUT2D eigenvalue weighted by Crippen LogP contribution is -2.34. The largest absolute Gasteiger partial charge is 0.412 e. The Bertz CT molecular complexity index is 246. The van der Waals surface area contributed by atoms with Crippen molar-refractivity contribution in [3.63, 3.8) is 0 Å². The van der Waals surface area contributed by atoms with Gasteiger partial charge in [-0.15, -0.1) is 0 Å². The Morgan fingerprint density at radius 3 is 1.55 bits per heavy atom. The molecule has 0 aromatic rings. The predicted octanol–water partition coefficient (Wildman–Crippen LogP) is 5.11. The number of alkyl halides is 9. The molecule has 0 radical (unpaired) electrons. The molecular formula is C10H15F9O. The molecule has 0 aliphatic carbocycles. The number of hydrogen-bond acceptors (Lipinski definition) is 1. The van der Waals surface area contributed by atoms with Crippen molar-refractivity contribution in [2.24, 2.45) is 5.92 Å². The summed E-state index contributed by atoms with van der Waals surface area (Å²) < 4.78 is 110. The van der Waals surface area contributed by atoms with Crippen LogP contribution in [-0.4, -0.2) is 31.7 Å². The molecular weight excluding hydrogens is 307 g/mol. The third-order valence-corrected chi connectivity index (χ3v) is 1.89. The Morgan fingerprint density at radius 1 is 0.900 bits per heavy atom. The van der Waals surface area contributed by atoms with E-state index in [0.717, 1.165) is 6.92 Å². The molecule has 0 fully saturated rings. The number of hydrogen-bond donors (Lipinski definition) is 0. The fourth-order valence-corrected chi connectivity index (χ4v) is 1.02. The van der Waals surface area contributed by atoms with Gasteiger partial charge in [-0.2, -0.15) is 35.1 Å². The summed E-state index contributed by atoms with van der Waals surface area (Å²) in [4.78, 5) is 0. The van der Waals surface area contributed by atoms with Gasteiger partial charge in [-0.05, 0) is 13.3 Å². The molecule has 0 heterocycles. The molecule has 0 saturated heterocycles. The van der Waals surface area contributed by atoms with Crippen molar-refractivity contribution in [3.8, 4) is 0 Å². The zero-order valence-electron chi connectivity index (χ0n) is 10.7. The highest BCUT2D eigenvalue weighted by Gasteiger charge is 2.47. The van der Waals surface area contributed by atoms with E-state index in [1.807, 2.05) is 0 Å². The van der Waals surface area contributed by atoms with Crippen molar-refractivity contribution in [3.05, 3.63) is 0 Å². The van der Waals surface area contributed by atoms with Crippen LogP contribution in [0.5, 0.6) is 0 Å². The fourth-order valence-electron chi connectivity index (χ4n) is 1.02. The summed E-state index contributed by atoms with van der Waals surface area (Å²) in [5, 5.41) is 0. The molecule has 0 N–H and O–H groups in total. The van der Waals surface area contributed by atoms with E-state index < -0.39 is 43.8 Å². The van der Waals surface area contributed by atoms with Crippen LogP contribution in [0.4, 0.5) is 39.5 Å². The first-order valence-corrected chi connectivity index (χ1v) is 5.50. The highest BCUT2D eigenvalue weighted by molar-refractivity contribution is 4.71. The van der Waals surface area contributed by atoms with Crippen LogP contribution in [-0.2, 0) is 4.74 Å². The standard InChI is InChI=1S/C8H10F8O.C2H5F/c1-2-5(8(14,15)16)3-7(12,13)17-4-6(9,10)11;1-2-3/h5H,2-4H2,1H3;2H2,1H3. The van der Waals surface area contributed by atoms with Crippen molar-refractivity contribution < 1.29 is 44.3 Å². The van der Waals surface area contributed by atoms with Crippen LogP contribution in [0.1, 0.15) is 26.7 Å². The minimum absolute atomic E-state index is 0.250. The average molecular weight is 322 g/mol.